The summed E-state index contributed by atoms with van der Waals surface area (Å²) < 4.78 is 0. The third kappa shape index (κ3) is 4.27. The van der Waals surface area contributed by atoms with Gasteiger partial charge in [-0.3, -0.25) is 10.1 Å². The smallest absolute Gasteiger partial charge is 0.321 e. The van der Waals surface area contributed by atoms with Gasteiger partial charge < -0.3 is 10.3 Å². The van der Waals surface area contributed by atoms with Crippen molar-refractivity contribution in [2.45, 2.75) is 13.0 Å². The van der Waals surface area contributed by atoms with Gasteiger partial charge in [-0.15, -0.1) is 0 Å². The Morgan fingerprint density at radius 3 is 2.68 bits per heavy atom. The van der Waals surface area contributed by atoms with Gasteiger partial charge in [0.05, 0.1) is 25.0 Å². The van der Waals surface area contributed by atoms with Crippen LogP contribution >= 0.6 is 0 Å². The molecule has 0 aliphatic rings. The maximum atomic E-state index is 11.6. The van der Waals surface area contributed by atoms with Crippen LogP contribution in [0.3, 0.4) is 0 Å². The first-order valence-corrected chi connectivity index (χ1v) is 5.83. The fourth-order valence-electron chi connectivity index (χ4n) is 1.55. The predicted octanol–water partition coefficient (Wildman–Crippen LogP) is 0.978. The first-order valence-electron chi connectivity index (χ1n) is 5.83. The zero-order valence-electron chi connectivity index (χ0n) is 10.2. The van der Waals surface area contributed by atoms with E-state index >= 15 is 0 Å². The average Bonchev–Trinajstić information content (AvgIpc) is 2.90. The number of benzene rings is 1. The van der Waals surface area contributed by atoms with Crippen LogP contribution in [0.2, 0.25) is 0 Å². The molecule has 6 nitrogen and oxygen atoms in total. The van der Waals surface area contributed by atoms with E-state index in [9.17, 15) is 9.59 Å². The molecule has 0 atom stereocenters. The molecular formula is C13H14N4O2. The molecule has 1 heterocycles. The van der Waals surface area contributed by atoms with Crippen LogP contribution in [0.15, 0.2) is 42.9 Å². The maximum absolute atomic E-state index is 11.6. The Labute approximate surface area is 110 Å². The van der Waals surface area contributed by atoms with Gasteiger partial charge in [-0.05, 0) is 5.56 Å². The number of imide groups is 1. The van der Waals surface area contributed by atoms with Crippen LogP contribution in [0.4, 0.5) is 4.79 Å². The van der Waals surface area contributed by atoms with Crippen molar-refractivity contribution in [1.82, 2.24) is 20.6 Å². The Hall–Kier alpha value is -2.63. The highest BCUT2D eigenvalue weighted by Gasteiger charge is 2.08. The van der Waals surface area contributed by atoms with Gasteiger partial charge in [0.1, 0.15) is 0 Å². The summed E-state index contributed by atoms with van der Waals surface area (Å²) in [5.74, 6) is -0.340. The Bertz CT molecular complexity index is 537. The van der Waals surface area contributed by atoms with E-state index in [1.807, 2.05) is 30.3 Å². The van der Waals surface area contributed by atoms with Crippen LogP contribution in [0.25, 0.3) is 0 Å². The van der Waals surface area contributed by atoms with Crippen LogP contribution in [-0.2, 0) is 17.8 Å². The lowest BCUT2D eigenvalue weighted by atomic mass is 10.1. The Morgan fingerprint density at radius 1 is 1.21 bits per heavy atom. The highest BCUT2D eigenvalue weighted by molar-refractivity contribution is 5.95. The number of carbonyl (C=O) groups excluding carboxylic acids is 2. The quantitative estimate of drug-likeness (QED) is 0.764. The molecule has 19 heavy (non-hydrogen) atoms. The van der Waals surface area contributed by atoms with Gasteiger partial charge in [-0.1, -0.05) is 30.3 Å². The molecule has 0 spiro atoms. The van der Waals surface area contributed by atoms with E-state index in [4.69, 9.17) is 0 Å². The number of rotatable bonds is 4. The summed E-state index contributed by atoms with van der Waals surface area (Å²) in [6, 6.07) is 8.72. The van der Waals surface area contributed by atoms with Gasteiger partial charge in [0.25, 0.3) is 0 Å². The number of imidazole rings is 1. The minimum atomic E-state index is -0.518. The molecule has 1 aromatic heterocycles. The topological polar surface area (TPSA) is 86.9 Å². The fourth-order valence-corrected chi connectivity index (χ4v) is 1.55. The number of urea groups is 1. The van der Waals surface area contributed by atoms with E-state index in [0.29, 0.717) is 6.54 Å². The zero-order chi connectivity index (χ0) is 13.5. The van der Waals surface area contributed by atoms with Gasteiger partial charge in [0.2, 0.25) is 5.91 Å². The Morgan fingerprint density at radius 2 is 2.00 bits per heavy atom. The van der Waals surface area contributed by atoms with E-state index in [-0.39, 0.29) is 12.3 Å². The number of aromatic amines is 1. The van der Waals surface area contributed by atoms with Crippen molar-refractivity contribution in [2.24, 2.45) is 0 Å². The second-order valence-corrected chi connectivity index (χ2v) is 3.97. The van der Waals surface area contributed by atoms with Gasteiger partial charge >= 0.3 is 6.03 Å². The summed E-state index contributed by atoms with van der Waals surface area (Å²) in [6.45, 7) is 0.296. The summed E-state index contributed by atoms with van der Waals surface area (Å²) >= 11 is 0. The van der Waals surface area contributed by atoms with Crippen molar-refractivity contribution in [3.8, 4) is 0 Å². The lowest BCUT2D eigenvalue weighted by Crippen LogP contribution is -2.39. The minimum absolute atomic E-state index is 0.179. The summed E-state index contributed by atoms with van der Waals surface area (Å²) in [6.07, 6.45) is 3.31. The molecule has 2 aromatic rings. The van der Waals surface area contributed by atoms with Gasteiger partial charge in [0, 0.05) is 6.20 Å². The monoisotopic (exact) mass is 258 g/mol. The lowest BCUT2D eigenvalue weighted by molar-refractivity contribution is -0.119. The highest BCUT2D eigenvalue weighted by Crippen LogP contribution is 1.99. The molecule has 0 aliphatic carbocycles. The Balaban J connectivity index is 1.74. The third-order valence-electron chi connectivity index (χ3n) is 2.45. The molecule has 0 bridgehead atoms. The van der Waals surface area contributed by atoms with Gasteiger partial charge in [-0.25, -0.2) is 9.78 Å². The molecule has 0 saturated carbocycles. The molecule has 98 valence electrons. The van der Waals surface area contributed by atoms with E-state index in [2.05, 4.69) is 20.6 Å². The van der Waals surface area contributed by atoms with Crippen molar-refractivity contribution in [2.75, 3.05) is 0 Å². The number of nitrogens with one attached hydrogen (secondary N) is 3. The maximum Gasteiger partial charge on any atom is 0.321 e. The number of aromatic nitrogens is 2. The van der Waals surface area contributed by atoms with Crippen molar-refractivity contribution in [3.05, 3.63) is 54.1 Å². The SMILES string of the molecule is O=C(Cc1ccccc1)NC(=O)NCc1cnc[nH]1. The largest absolute Gasteiger partial charge is 0.347 e. The van der Waals surface area contributed by atoms with E-state index in [0.717, 1.165) is 11.3 Å². The number of nitrogens with zero attached hydrogens (tertiary/aromatic N) is 1. The zero-order valence-corrected chi connectivity index (χ0v) is 10.2. The van der Waals surface area contributed by atoms with Crippen LogP contribution in [-0.4, -0.2) is 21.9 Å². The van der Waals surface area contributed by atoms with Crippen LogP contribution < -0.4 is 10.6 Å². The molecule has 0 aliphatic heterocycles. The lowest BCUT2D eigenvalue weighted by Gasteiger charge is -2.05. The molecule has 3 amide bonds. The van der Waals surface area contributed by atoms with E-state index in [1.165, 1.54) is 6.33 Å². The first-order chi connectivity index (χ1) is 9.24. The summed E-state index contributed by atoms with van der Waals surface area (Å²) in [4.78, 5) is 29.7. The molecule has 0 radical (unpaired) electrons. The standard InChI is InChI=1S/C13H14N4O2/c18-12(6-10-4-2-1-3-5-10)17-13(19)15-8-11-7-14-9-16-11/h1-5,7,9H,6,8H2,(H,14,16)(H2,15,17,18,19). The van der Waals surface area contributed by atoms with Crippen molar-refractivity contribution < 1.29 is 9.59 Å². The van der Waals surface area contributed by atoms with Gasteiger partial charge in [-0.2, -0.15) is 0 Å². The van der Waals surface area contributed by atoms with E-state index < -0.39 is 6.03 Å². The van der Waals surface area contributed by atoms with Crippen molar-refractivity contribution in [3.63, 3.8) is 0 Å². The molecule has 0 saturated heterocycles. The fraction of sp³-hybridized carbons (Fsp3) is 0.154. The molecule has 1 aromatic carbocycles. The number of hydrogen-bond acceptors (Lipinski definition) is 3. The highest BCUT2D eigenvalue weighted by atomic mass is 16.2. The van der Waals surface area contributed by atoms with E-state index in [1.54, 1.807) is 6.20 Å². The third-order valence-corrected chi connectivity index (χ3v) is 2.45. The normalized spacial score (nSPS) is 9.89. The van der Waals surface area contributed by atoms with Crippen LogP contribution in [0, 0.1) is 0 Å². The molecule has 3 N–H and O–H groups in total. The van der Waals surface area contributed by atoms with Crippen LogP contribution in [0.5, 0.6) is 0 Å². The number of carbonyl (C=O) groups is 2. The molecule has 0 fully saturated rings. The minimum Gasteiger partial charge on any atom is -0.347 e. The van der Waals surface area contributed by atoms with Gasteiger partial charge in [0.15, 0.2) is 0 Å². The second-order valence-electron chi connectivity index (χ2n) is 3.97. The second kappa shape index (κ2) is 6.34. The first kappa shape index (κ1) is 12.8. The molecular weight excluding hydrogens is 244 g/mol. The van der Waals surface area contributed by atoms with Crippen molar-refractivity contribution in [1.29, 1.82) is 0 Å². The average molecular weight is 258 g/mol. The Kier molecular flexibility index (Phi) is 4.28. The molecule has 0 unspecified atom stereocenters. The van der Waals surface area contributed by atoms with Crippen molar-refractivity contribution >= 4 is 11.9 Å². The number of amides is 3. The van der Waals surface area contributed by atoms with Crippen LogP contribution in [0.1, 0.15) is 11.3 Å². The molecule has 6 heteroatoms. The summed E-state index contributed by atoms with van der Waals surface area (Å²) in [5.41, 5.74) is 1.63. The molecule has 2 rings (SSSR count). The number of hydrogen-bond donors (Lipinski definition) is 3. The summed E-state index contributed by atoms with van der Waals surface area (Å²) in [5, 5.41) is 4.83. The summed E-state index contributed by atoms with van der Waals surface area (Å²) in [7, 11) is 0. The predicted molar refractivity (Wildman–Crippen MR) is 69.1 cm³/mol. The number of H-pyrrole nitrogens is 1.